The summed E-state index contributed by atoms with van der Waals surface area (Å²) < 4.78 is 26.4. The highest BCUT2D eigenvalue weighted by Crippen LogP contribution is 2.23. The van der Waals surface area contributed by atoms with Gasteiger partial charge in [0.25, 0.3) is 0 Å². The van der Waals surface area contributed by atoms with Crippen LogP contribution in [-0.2, 0) is 10.0 Å². The summed E-state index contributed by atoms with van der Waals surface area (Å²) in [5.74, 6) is 0. The summed E-state index contributed by atoms with van der Waals surface area (Å²) in [5.41, 5.74) is 1.42. The second-order valence-electron chi connectivity index (χ2n) is 4.81. The topological polar surface area (TPSA) is 69.7 Å². The number of hydrogen-bond donors (Lipinski definition) is 1. The molecule has 21 heavy (non-hydrogen) atoms. The highest BCUT2D eigenvalue weighted by atomic mass is 32.2. The van der Waals surface area contributed by atoms with Gasteiger partial charge >= 0.3 is 6.03 Å². The number of nitrogens with one attached hydrogen (secondary N) is 1. The molecule has 7 heteroatoms. The smallest absolute Gasteiger partial charge is 0.323 e. The maximum atomic E-state index is 12.1. The largest absolute Gasteiger partial charge is 0.328 e. The molecule has 1 rings (SSSR count). The Bertz CT molecular complexity index is 614. The maximum Gasteiger partial charge on any atom is 0.323 e. The SMILES string of the molecule is CCNS(=O)(=O)c1ccc(N(C)C(=O)N(C)CC)c(C)c1. The number of hydrogen-bond acceptors (Lipinski definition) is 3. The standard InChI is InChI=1S/C14H23N3O3S/c1-6-15-21(19,20)12-8-9-13(11(3)10-12)17(5)14(18)16(4)7-2/h8-10,15H,6-7H2,1-5H3. The molecule has 2 amide bonds. The van der Waals surface area contributed by atoms with Crippen molar-refractivity contribution in [2.75, 3.05) is 32.1 Å². The Morgan fingerprint density at radius 2 is 1.86 bits per heavy atom. The van der Waals surface area contributed by atoms with E-state index in [9.17, 15) is 13.2 Å². The van der Waals surface area contributed by atoms with E-state index in [0.29, 0.717) is 18.8 Å². The van der Waals surface area contributed by atoms with Crippen molar-refractivity contribution in [1.82, 2.24) is 9.62 Å². The van der Waals surface area contributed by atoms with Gasteiger partial charge in [-0.15, -0.1) is 0 Å². The minimum Gasteiger partial charge on any atom is -0.328 e. The Kier molecular flexibility index (Phi) is 5.74. The van der Waals surface area contributed by atoms with Gasteiger partial charge in [-0.25, -0.2) is 17.9 Å². The Balaban J connectivity index is 3.12. The van der Waals surface area contributed by atoms with E-state index in [4.69, 9.17) is 0 Å². The second kappa shape index (κ2) is 6.91. The molecule has 0 aromatic heterocycles. The minimum absolute atomic E-state index is 0.136. The van der Waals surface area contributed by atoms with Crippen LogP contribution in [0.25, 0.3) is 0 Å². The molecule has 0 heterocycles. The van der Waals surface area contributed by atoms with Crippen LogP contribution in [0.2, 0.25) is 0 Å². The van der Waals surface area contributed by atoms with Crippen molar-refractivity contribution in [2.45, 2.75) is 25.7 Å². The Hall–Kier alpha value is -1.60. The Morgan fingerprint density at radius 1 is 1.24 bits per heavy atom. The van der Waals surface area contributed by atoms with Gasteiger partial charge in [-0.1, -0.05) is 6.92 Å². The molecule has 0 aliphatic heterocycles. The zero-order valence-corrected chi connectivity index (χ0v) is 14.0. The molecule has 6 nitrogen and oxygen atoms in total. The minimum atomic E-state index is -3.48. The van der Waals surface area contributed by atoms with E-state index in [1.54, 1.807) is 45.0 Å². The monoisotopic (exact) mass is 313 g/mol. The third-order valence-electron chi connectivity index (χ3n) is 3.26. The van der Waals surface area contributed by atoms with E-state index >= 15 is 0 Å². The average Bonchev–Trinajstić information content (AvgIpc) is 2.44. The molecule has 1 aromatic carbocycles. The highest BCUT2D eigenvalue weighted by molar-refractivity contribution is 7.89. The molecule has 1 N–H and O–H groups in total. The van der Waals surface area contributed by atoms with Crippen LogP contribution in [0.4, 0.5) is 10.5 Å². The van der Waals surface area contributed by atoms with Crippen molar-refractivity contribution in [3.05, 3.63) is 23.8 Å². The quantitative estimate of drug-likeness (QED) is 0.901. The van der Waals surface area contributed by atoms with E-state index in [-0.39, 0.29) is 10.9 Å². The van der Waals surface area contributed by atoms with Crippen molar-refractivity contribution in [2.24, 2.45) is 0 Å². The summed E-state index contributed by atoms with van der Waals surface area (Å²) in [4.78, 5) is 15.4. The zero-order valence-electron chi connectivity index (χ0n) is 13.2. The van der Waals surface area contributed by atoms with Gasteiger partial charge in [0.1, 0.15) is 0 Å². The number of nitrogens with zero attached hydrogens (tertiary/aromatic N) is 2. The molecule has 0 saturated carbocycles. The summed E-state index contributed by atoms with van der Waals surface area (Å²) in [6.07, 6.45) is 0. The molecule has 0 unspecified atom stereocenters. The van der Waals surface area contributed by atoms with Gasteiger partial charge in [0.05, 0.1) is 4.90 Å². The third-order valence-corrected chi connectivity index (χ3v) is 4.81. The van der Waals surface area contributed by atoms with Crippen LogP contribution in [0.1, 0.15) is 19.4 Å². The van der Waals surface area contributed by atoms with Crippen LogP contribution in [0.5, 0.6) is 0 Å². The summed E-state index contributed by atoms with van der Waals surface area (Å²) in [5, 5.41) is 0. The van der Waals surface area contributed by atoms with Crippen molar-refractivity contribution in [3.8, 4) is 0 Å². The van der Waals surface area contributed by atoms with Gasteiger partial charge in [0.15, 0.2) is 0 Å². The lowest BCUT2D eigenvalue weighted by Gasteiger charge is -2.25. The van der Waals surface area contributed by atoms with E-state index in [1.807, 2.05) is 6.92 Å². The van der Waals surface area contributed by atoms with Crippen LogP contribution < -0.4 is 9.62 Å². The first-order chi connectivity index (χ1) is 9.74. The summed E-state index contributed by atoms with van der Waals surface area (Å²) in [7, 11) is -0.0841. The number of sulfonamides is 1. The van der Waals surface area contributed by atoms with Crippen LogP contribution in [0.15, 0.2) is 23.1 Å². The fourth-order valence-corrected chi connectivity index (χ4v) is 3.06. The first kappa shape index (κ1) is 17.5. The van der Waals surface area contributed by atoms with Gasteiger partial charge in [0, 0.05) is 32.9 Å². The predicted molar refractivity (Wildman–Crippen MR) is 84.1 cm³/mol. The molecule has 0 atom stereocenters. The van der Waals surface area contributed by atoms with E-state index in [0.717, 1.165) is 5.56 Å². The van der Waals surface area contributed by atoms with Gasteiger partial charge < -0.3 is 4.90 Å². The Labute approximate surface area is 126 Å². The molecular formula is C14H23N3O3S. The van der Waals surface area contributed by atoms with Crippen LogP contribution in [0.3, 0.4) is 0 Å². The number of carbonyl (C=O) groups excluding carboxylic acids is 1. The number of amides is 2. The lowest BCUT2D eigenvalue weighted by Crippen LogP contribution is -2.39. The summed E-state index contributed by atoms with van der Waals surface area (Å²) >= 11 is 0. The number of benzene rings is 1. The van der Waals surface area contributed by atoms with Gasteiger partial charge in [-0.05, 0) is 37.6 Å². The summed E-state index contributed by atoms with van der Waals surface area (Å²) in [6, 6.07) is 4.60. The van der Waals surface area contributed by atoms with Crippen molar-refractivity contribution < 1.29 is 13.2 Å². The fourth-order valence-electron chi connectivity index (χ4n) is 1.94. The number of carbonyl (C=O) groups is 1. The molecule has 1 aromatic rings. The predicted octanol–water partition coefficient (Wildman–Crippen LogP) is 1.80. The number of rotatable bonds is 5. The van der Waals surface area contributed by atoms with Crippen molar-refractivity contribution >= 4 is 21.7 Å². The third kappa shape index (κ3) is 3.95. The number of aryl methyl sites for hydroxylation is 1. The summed E-state index contributed by atoms with van der Waals surface area (Å²) in [6.45, 7) is 6.35. The van der Waals surface area contributed by atoms with Gasteiger partial charge in [-0.3, -0.25) is 4.90 Å². The molecule has 0 fully saturated rings. The van der Waals surface area contributed by atoms with Crippen molar-refractivity contribution in [3.63, 3.8) is 0 Å². The van der Waals surface area contributed by atoms with E-state index in [2.05, 4.69) is 4.72 Å². The number of urea groups is 1. The molecule has 0 spiro atoms. The van der Waals surface area contributed by atoms with Crippen molar-refractivity contribution in [1.29, 1.82) is 0 Å². The van der Waals surface area contributed by atoms with Gasteiger partial charge in [-0.2, -0.15) is 0 Å². The molecule has 0 aliphatic rings. The molecule has 0 saturated heterocycles. The first-order valence-corrected chi connectivity index (χ1v) is 8.32. The van der Waals surface area contributed by atoms with Gasteiger partial charge in [0.2, 0.25) is 10.0 Å². The molecule has 118 valence electrons. The lowest BCUT2D eigenvalue weighted by atomic mass is 10.2. The molecule has 0 bridgehead atoms. The maximum absolute atomic E-state index is 12.1. The normalized spacial score (nSPS) is 11.3. The lowest BCUT2D eigenvalue weighted by molar-refractivity contribution is 0.219. The number of anilines is 1. The Morgan fingerprint density at radius 3 is 2.33 bits per heavy atom. The molecule has 0 radical (unpaired) electrons. The van der Waals surface area contributed by atoms with Crippen LogP contribution in [-0.4, -0.2) is 46.5 Å². The zero-order chi connectivity index (χ0) is 16.2. The second-order valence-corrected chi connectivity index (χ2v) is 6.57. The van der Waals surface area contributed by atoms with Crippen LogP contribution >= 0.6 is 0 Å². The average molecular weight is 313 g/mol. The molecule has 0 aliphatic carbocycles. The fraction of sp³-hybridized carbons (Fsp3) is 0.500. The molecular weight excluding hydrogens is 290 g/mol. The van der Waals surface area contributed by atoms with E-state index < -0.39 is 10.0 Å². The highest BCUT2D eigenvalue weighted by Gasteiger charge is 2.19. The van der Waals surface area contributed by atoms with E-state index in [1.165, 1.54) is 11.0 Å². The first-order valence-electron chi connectivity index (χ1n) is 6.83. The van der Waals surface area contributed by atoms with Crippen LogP contribution in [0, 0.1) is 6.92 Å².